The fraction of sp³-hybridized carbons (Fsp3) is 0.417. The van der Waals surface area contributed by atoms with Gasteiger partial charge in [0.25, 0.3) is 0 Å². The Labute approximate surface area is 114 Å². The Balaban J connectivity index is 2.52. The number of ether oxygens (including phenoxy) is 1. The van der Waals surface area contributed by atoms with Crippen LogP contribution in [0.15, 0.2) is 24.5 Å². The minimum Gasteiger partial charge on any atom is -0.459 e. The zero-order chi connectivity index (χ0) is 15.1. The summed E-state index contributed by atoms with van der Waals surface area (Å²) >= 11 is 0. The van der Waals surface area contributed by atoms with E-state index in [2.05, 4.69) is 4.98 Å². The normalized spacial score (nSPS) is 16.8. The zero-order valence-corrected chi connectivity index (χ0v) is 10.4. The highest BCUT2D eigenvalue weighted by Crippen LogP contribution is 2.07. The molecular formula is C12H15NO7. The Bertz CT molecular complexity index is 439. The van der Waals surface area contributed by atoms with Crippen LogP contribution in [0.5, 0.6) is 0 Å². The van der Waals surface area contributed by atoms with Crippen molar-refractivity contribution in [2.24, 2.45) is 0 Å². The predicted molar refractivity (Wildman–Crippen MR) is 64.1 cm³/mol. The lowest BCUT2D eigenvalue weighted by atomic mass is 10.0. The number of aliphatic hydroxyl groups excluding tert-OH is 4. The highest BCUT2D eigenvalue weighted by molar-refractivity contribution is 5.75. The van der Waals surface area contributed by atoms with E-state index in [9.17, 15) is 24.9 Å². The van der Waals surface area contributed by atoms with Crippen molar-refractivity contribution in [2.45, 2.75) is 31.0 Å². The van der Waals surface area contributed by atoms with Gasteiger partial charge in [-0.2, -0.15) is 0 Å². The third kappa shape index (κ3) is 4.35. The topological polar surface area (TPSA) is 137 Å². The first-order chi connectivity index (χ1) is 9.47. The van der Waals surface area contributed by atoms with Crippen LogP contribution in [0.4, 0.5) is 0 Å². The fourth-order valence-electron chi connectivity index (χ4n) is 1.33. The van der Waals surface area contributed by atoms with Crippen molar-refractivity contribution in [3.05, 3.63) is 30.1 Å². The fourth-order valence-corrected chi connectivity index (χ4v) is 1.33. The molecule has 4 N–H and O–H groups in total. The summed E-state index contributed by atoms with van der Waals surface area (Å²) in [5, 5.41) is 37.2. The average Bonchev–Trinajstić information content (AvgIpc) is 2.50. The number of hydrogen-bond donors (Lipinski definition) is 4. The summed E-state index contributed by atoms with van der Waals surface area (Å²) < 4.78 is 4.72. The number of rotatable bonds is 7. The van der Waals surface area contributed by atoms with Crippen LogP contribution in [0.1, 0.15) is 5.56 Å². The van der Waals surface area contributed by atoms with E-state index in [0.29, 0.717) is 5.56 Å². The lowest BCUT2D eigenvalue weighted by molar-refractivity contribution is -0.170. The number of nitrogens with zero attached hydrogens (tertiary/aromatic N) is 1. The van der Waals surface area contributed by atoms with Crippen LogP contribution in [0.25, 0.3) is 0 Å². The molecule has 110 valence electrons. The number of esters is 1. The van der Waals surface area contributed by atoms with Gasteiger partial charge in [0, 0.05) is 12.4 Å². The van der Waals surface area contributed by atoms with Crippen LogP contribution in [0.3, 0.4) is 0 Å². The van der Waals surface area contributed by atoms with Crippen molar-refractivity contribution in [3.63, 3.8) is 0 Å². The van der Waals surface area contributed by atoms with Gasteiger partial charge in [-0.15, -0.1) is 0 Å². The standard InChI is InChI=1S/C12H15NO7/c14-5-8(15)9(16)10(17)11(18)12(19)20-6-7-1-3-13-4-2-7/h1-5,8-11,15-18H,6H2/t8-,9+,10-,11-/m0/s1. The molecule has 0 aliphatic carbocycles. The molecule has 0 aromatic carbocycles. The monoisotopic (exact) mass is 285 g/mol. The molecule has 1 heterocycles. The molecule has 1 rings (SSSR count). The van der Waals surface area contributed by atoms with Gasteiger partial charge in [0.2, 0.25) is 0 Å². The zero-order valence-electron chi connectivity index (χ0n) is 10.4. The van der Waals surface area contributed by atoms with Crippen LogP contribution in [0, 0.1) is 0 Å². The Hall–Kier alpha value is -1.87. The van der Waals surface area contributed by atoms with E-state index in [0.717, 1.165) is 0 Å². The van der Waals surface area contributed by atoms with Gasteiger partial charge in [0.1, 0.15) is 24.9 Å². The quantitative estimate of drug-likeness (QED) is 0.326. The minimum atomic E-state index is -2.08. The molecule has 0 saturated carbocycles. The summed E-state index contributed by atoms with van der Waals surface area (Å²) in [6.07, 6.45) is -5.08. The van der Waals surface area contributed by atoms with Gasteiger partial charge in [-0.3, -0.25) is 4.98 Å². The number of carbonyl (C=O) groups excluding carboxylic acids is 2. The van der Waals surface area contributed by atoms with Crippen LogP contribution >= 0.6 is 0 Å². The summed E-state index contributed by atoms with van der Waals surface area (Å²) in [6, 6.07) is 3.17. The van der Waals surface area contributed by atoms with Gasteiger partial charge in [-0.1, -0.05) is 0 Å². The van der Waals surface area contributed by atoms with E-state index < -0.39 is 30.4 Å². The summed E-state index contributed by atoms with van der Waals surface area (Å²) in [4.78, 5) is 25.4. The number of aliphatic hydroxyl groups is 4. The van der Waals surface area contributed by atoms with Crippen LogP contribution in [-0.4, -0.2) is 62.1 Å². The lowest BCUT2D eigenvalue weighted by Gasteiger charge is -2.22. The van der Waals surface area contributed by atoms with E-state index in [4.69, 9.17) is 9.84 Å². The van der Waals surface area contributed by atoms with Gasteiger partial charge in [-0.25, -0.2) is 4.79 Å². The van der Waals surface area contributed by atoms with Gasteiger partial charge in [-0.05, 0) is 17.7 Å². The number of aldehydes is 1. The molecule has 8 heteroatoms. The molecule has 1 aromatic rings. The lowest BCUT2D eigenvalue weighted by Crippen LogP contribution is -2.48. The van der Waals surface area contributed by atoms with Crippen LogP contribution in [0.2, 0.25) is 0 Å². The largest absolute Gasteiger partial charge is 0.459 e. The predicted octanol–water partition coefficient (Wildman–Crippen LogP) is -2.23. The first kappa shape index (κ1) is 16.2. The molecule has 0 saturated heterocycles. The van der Waals surface area contributed by atoms with Gasteiger partial charge >= 0.3 is 5.97 Å². The number of pyridine rings is 1. The Kier molecular flexibility index (Phi) is 6.19. The second kappa shape index (κ2) is 7.65. The maximum absolute atomic E-state index is 11.4. The molecule has 0 amide bonds. The van der Waals surface area contributed by atoms with Crippen LogP contribution in [-0.2, 0) is 20.9 Å². The van der Waals surface area contributed by atoms with Crippen LogP contribution < -0.4 is 0 Å². The molecule has 0 aliphatic rings. The molecule has 0 unspecified atom stereocenters. The van der Waals surface area contributed by atoms with E-state index in [1.807, 2.05) is 0 Å². The summed E-state index contributed by atoms with van der Waals surface area (Å²) in [5.74, 6) is -1.19. The first-order valence-corrected chi connectivity index (χ1v) is 5.70. The average molecular weight is 285 g/mol. The van der Waals surface area contributed by atoms with E-state index in [-0.39, 0.29) is 12.9 Å². The molecule has 8 nitrogen and oxygen atoms in total. The van der Waals surface area contributed by atoms with Crippen molar-refractivity contribution in [1.82, 2.24) is 4.98 Å². The number of aromatic nitrogens is 1. The SMILES string of the molecule is O=C[C@H](O)[C@@H](O)[C@H](O)[C@H](O)C(=O)OCc1ccncc1. The van der Waals surface area contributed by atoms with Crippen molar-refractivity contribution in [2.75, 3.05) is 0 Å². The van der Waals surface area contributed by atoms with E-state index in [1.54, 1.807) is 12.1 Å². The summed E-state index contributed by atoms with van der Waals surface area (Å²) in [5.41, 5.74) is 0.614. The van der Waals surface area contributed by atoms with Crippen molar-refractivity contribution in [1.29, 1.82) is 0 Å². The summed E-state index contributed by atoms with van der Waals surface area (Å²) in [6.45, 7) is -0.155. The third-order valence-electron chi connectivity index (χ3n) is 2.53. The highest BCUT2D eigenvalue weighted by Gasteiger charge is 2.35. The van der Waals surface area contributed by atoms with E-state index >= 15 is 0 Å². The van der Waals surface area contributed by atoms with Crippen molar-refractivity contribution >= 4 is 12.3 Å². The molecule has 1 aromatic heterocycles. The molecule has 0 radical (unpaired) electrons. The smallest absolute Gasteiger partial charge is 0.338 e. The maximum atomic E-state index is 11.4. The molecule has 0 aliphatic heterocycles. The second-order valence-corrected chi connectivity index (χ2v) is 4.02. The summed E-state index contributed by atoms with van der Waals surface area (Å²) in [7, 11) is 0. The molecule has 0 fully saturated rings. The van der Waals surface area contributed by atoms with E-state index in [1.165, 1.54) is 12.4 Å². The highest BCUT2D eigenvalue weighted by atomic mass is 16.5. The third-order valence-corrected chi connectivity index (χ3v) is 2.53. The Morgan fingerprint density at radius 2 is 1.80 bits per heavy atom. The van der Waals surface area contributed by atoms with Gasteiger partial charge in [0.05, 0.1) is 0 Å². The van der Waals surface area contributed by atoms with Crippen molar-refractivity contribution < 1.29 is 34.8 Å². The molecule has 0 spiro atoms. The number of hydrogen-bond acceptors (Lipinski definition) is 8. The molecule has 0 bridgehead atoms. The number of carbonyl (C=O) groups is 2. The van der Waals surface area contributed by atoms with Gasteiger partial charge < -0.3 is 30.0 Å². The van der Waals surface area contributed by atoms with Gasteiger partial charge in [0.15, 0.2) is 12.4 Å². The van der Waals surface area contributed by atoms with Crippen molar-refractivity contribution in [3.8, 4) is 0 Å². The first-order valence-electron chi connectivity index (χ1n) is 5.70. The maximum Gasteiger partial charge on any atom is 0.338 e. The Morgan fingerprint density at radius 3 is 2.35 bits per heavy atom. The molecule has 20 heavy (non-hydrogen) atoms. The Morgan fingerprint density at radius 1 is 1.20 bits per heavy atom. The molecule has 4 atom stereocenters. The molecular weight excluding hydrogens is 270 g/mol. The second-order valence-electron chi connectivity index (χ2n) is 4.02. The minimum absolute atomic E-state index is 0.0249.